The molecule has 94 valence electrons. The van der Waals surface area contributed by atoms with Crippen LogP contribution < -0.4 is 0 Å². The minimum absolute atomic E-state index is 0.467. The van der Waals surface area contributed by atoms with Gasteiger partial charge in [-0.15, -0.1) is 0 Å². The van der Waals surface area contributed by atoms with Crippen LogP contribution in [-0.4, -0.2) is 9.97 Å². The van der Waals surface area contributed by atoms with Gasteiger partial charge >= 0.3 is 0 Å². The van der Waals surface area contributed by atoms with Crippen LogP contribution in [-0.2, 0) is 6.42 Å². The Kier molecular flexibility index (Phi) is 2.86. The van der Waals surface area contributed by atoms with E-state index >= 15 is 0 Å². The summed E-state index contributed by atoms with van der Waals surface area (Å²) in [7, 11) is 0. The summed E-state index contributed by atoms with van der Waals surface area (Å²) in [4.78, 5) is 8.67. The third-order valence-electron chi connectivity index (χ3n) is 3.43. The number of rotatable bonds is 3. The van der Waals surface area contributed by atoms with Crippen LogP contribution in [0.4, 0.5) is 0 Å². The van der Waals surface area contributed by atoms with Crippen molar-refractivity contribution >= 4 is 11.6 Å². The zero-order chi connectivity index (χ0) is 12.7. The van der Waals surface area contributed by atoms with E-state index in [1.54, 1.807) is 6.07 Å². The molecule has 0 bridgehead atoms. The summed E-state index contributed by atoms with van der Waals surface area (Å²) in [6.07, 6.45) is 2.05. The second-order valence-corrected chi connectivity index (χ2v) is 5.27. The van der Waals surface area contributed by atoms with E-state index in [1.807, 2.05) is 19.1 Å². The number of aromatic nitrogens is 2. The van der Waals surface area contributed by atoms with Crippen LogP contribution in [0.1, 0.15) is 37.6 Å². The van der Waals surface area contributed by atoms with Crippen molar-refractivity contribution in [1.82, 2.24) is 9.97 Å². The molecule has 2 unspecified atom stereocenters. The van der Waals surface area contributed by atoms with Gasteiger partial charge in [-0.2, -0.15) is 0 Å². The molecular weight excluding hydrogens is 248 g/mol. The van der Waals surface area contributed by atoms with E-state index < -0.39 is 0 Å². The van der Waals surface area contributed by atoms with Gasteiger partial charge in [0.25, 0.3) is 0 Å². The van der Waals surface area contributed by atoms with E-state index in [2.05, 4.69) is 16.9 Å². The van der Waals surface area contributed by atoms with Crippen molar-refractivity contribution in [3.05, 3.63) is 34.8 Å². The smallest absolute Gasteiger partial charge is 0.197 e. The van der Waals surface area contributed by atoms with E-state index in [1.165, 1.54) is 6.42 Å². The van der Waals surface area contributed by atoms with Crippen molar-refractivity contribution < 1.29 is 4.42 Å². The number of aryl methyl sites for hydroxylation is 1. The van der Waals surface area contributed by atoms with Gasteiger partial charge in [0.15, 0.2) is 11.6 Å². The predicted molar refractivity (Wildman–Crippen MR) is 70.6 cm³/mol. The molecule has 2 aromatic heterocycles. The van der Waals surface area contributed by atoms with Crippen LogP contribution in [0.5, 0.6) is 0 Å². The van der Waals surface area contributed by atoms with E-state index in [0.29, 0.717) is 22.7 Å². The third-order valence-corrected chi connectivity index (χ3v) is 3.63. The first-order chi connectivity index (χ1) is 8.67. The van der Waals surface area contributed by atoms with Gasteiger partial charge in [0, 0.05) is 11.6 Å². The maximum atomic E-state index is 5.99. The third kappa shape index (κ3) is 2.15. The van der Waals surface area contributed by atoms with Gasteiger partial charge in [0.05, 0.1) is 0 Å². The first-order valence-electron chi connectivity index (χ1n) is 6.31. The molecule has 0 saturated heterocycles. The highest BCUT2D eigenvalue weighted by atomic mass is 35.5. The molecule has 2 atom stereocenters. The molecule has 1 aliphatic carbocycles. The second kappa shape index (κ2) is 4.39. The van der Waals surface area contributed by atoms with E-state index in [0.717, 1.165) is 23.8 Å². The molecule has 2 heterocycles. The van der Waals surface area contributed by atoms with Crippen molar-refractivity contribution in [2.24, 2.45) is 5.92 Å². The number of hydrogen-bond donors (Lipinski definition) is 0. The fourth-order valence-electron chi connectivity index (χ4n) is 2.15. The zero-order valence-electron chi connectivity index (χ0n) is 10.5. The maximum absolute atomic E-state index is 5.99. The molecule has 0 spiro atoms. The molecule has 3 nitrogen and oxygen atoms in total. The predicted octanol–water partition coefficient (Wildman–Crippen LogP) is 4.08. The molecule has 18 heavy (non-hydrogen) atoms. The Labute approximate surface area is 111 Å². The second-order valence-electron chi connectivity index (χ2n) is 4.88. The molecule has 0 N–H and O–H groups in total. The summed E-state index contributed by atoms with van der Waals surface area (Å²) in [6.45, 7) is 4.28. The summed E-state index contributed by atoms with van der Waals surface area (Å²) in [5.41, 5.74) is 0.933. The van der Waals surface area contributed by atoms with Crippen LogP contribution in [0.2, 0.25) is 5.15 Å². The molecule has 0 radical (unpaired) electrons. The quantitative estimate of drug-likeness (QED) is 0.783. The van der Waals surface area contributed by atoms with Crippen LogP contribution in [0.25, 0.3) is 11.6 Å². The van der Waals surface area contributed by atoms with Crippen LogP contribution in [0.3, 0.4) is 0 Å². The largest absolute Gasteiger partial charge is 0.457 e. The molecule has 1 saturated carbocycles. The zero-order valence-corrected chi connectivity index (χ0v) is 11.2. The van der Waals surface area contributed by atoms with Gasteiger partial charge in [-0.3, -0.25) is 0 Å². The van der Waals surface area contributed by atoms with Gasteiger partial charge < -0.3 is 4.42 Å². The lowest BCUT2D eigenvalue weighted by Crippen LogP contribution is -1.94. The monoisotopic (exact) mass is 262 g/mol. The maximum Gasteiger partial charge on any atom is 0.197 e. The first-order valence-corrected chi connectivity index (χ1v) is 6.68. The number of furan rings is 1. The van der Waals surface area contributed by atoms with Crippen molar-refractivity contribution in [2.45, 2.75) is 32.6 Å². The molecular formula is C14H15ClN2O. The molecule has 4 heteroatoms. The van der Waals surface area contributed by atoms with E-state index in [4.69, 9.17) is 16.0 Å². The fourth-order valence-corrected chi connectivity index (χ4v) is 2.35. The van der Waals surface area contributed by atoms with Gasteiger partial charge in [-0.05, 0) is 37.0 Å². The van der Waals surface area contributed by atoms with Crippen molar-refractivity contribution in [1.29, 1.82) is 0 Å². The summed E-state index contributed by atoms with van der Waals surface area (Å²) in [6, 6.07) is 5.75. The standard InChI is InChI=1S/C14H15ClN2O/c1-3-9-7-13(15)17-14(16-9)12-5-4-11(18-12)10-6-8(10)2/h4-5,7-8,10H,3,6H2,1-2H3. The van der Waals surface area contributed by atoms with Crippen LogP contribution in [0.15, 0.2) is 22.6 Å². The van der Waals surface area contributed by atoms with Gasteiger partial charge in [0.1, 0.15) is 10.9 Å². The minimum Gasteiger partial charge on any atom is -0.457 e. The normalized spacial score (nSPS) is 22.2. The lowest BCUT2D eigenvalue weighted by molar-refractivity contribution is 0.514. The van der Waals surface area contributed by atoms with Gasteiger partial charge in [-0.1, -0.05) is 25.4 Å². The first kappa shape index (κ1) is 11.7. The molecule has 0 aromatic carbocycles. The lowest BCUT2D eigenvalue weighted by atomic mass is 10.3. The summed E-state index contributed by atoms with van der Waals surface area (Å²) in [5, 5.41) is 0.467. The molecule has 1 fully saturated rings. The Morgan fingerprint density at radius 3 is 2.83 bits per heavy atom. The Hall–Kier alpha value is -1.35. The summed E-state index contributed by atoms with van der Waals surface area (Å²) < 4.78 is 5.83. The average Bonchev–Trinajstić information content (AvgIpc) is 2.91. The van der Waals surface area contributed by atoms with Crippen molar-refractivity contribution in [3.63, 3.8) is 0 Å². The highest BCUT2D eigenvalue weighted by molar-refractivity contribution is 6.29. The van der Waals surface area contributed by atoms with E-state index in [-0.39, 0.29) is 0 Å². The molecule has 1 aliphatic rings. The van der Waals surface area contributed by atoms with Crippen molar-refractivity contribution in [2.75, 3.05) is 0 Å². The number of halogens is 1. The van der Waals surface area contributed by atoms with Gasteiger partial charge in [0.2, 0.25) is 0 Å². The summed E-state index contributed by atoms with van der Waals surface area (Å²) in [5.74, 6) is 3.64. The SMILES string of the molecule is CCc1cc(Cl)nc(-c2ccc(C3CC3C)o2)n1. The highest BCUT2D eigenvalue weighted by Crippen LogP contribution is 2.47. The summed E-state index contributed by atoms with van der Waals surface area (Å²) >= 11 is 5.99. The molecule has 3 rings (SSSR count). The highest BCUT2D eigenvalue weighted by Gasteiger charge is 2.36. The Morgan fingerprint density at radius 1 is 1.39 bits per heavy atom. The lowest BCUT2D eigenvalue weighted by Gasteiger charge is -2.01. The molecule has 0 aliphatic heterocycles. The number of nitrogens with zero attached hydrogens (tertiary/aromatic N) is 2. The topological polar surface area (TPSA) is 38.9 Å². The van der Waals surface area contributed by atoms with Crippen LogP contribution in [0, 0.1) is 5.92 Å². The van der Waals surface area contributed by atoms with Crippen molar-refractivity contribution in [3.8, 4) is 11.6 Å². The Balaban J connectivity index is 1.94. The Morgan fingerprint density at radius 2 is 2.17 bits per heavy atom. The number of hydrogen-bond acceptors (Lipinski definition) is 3. The minimum atomic E-state index is 0.467. The van der Waals surface area contributed by atoms with Gasteiger partial charge in [-0.25, -0.2) is 9.97 Å². The average molecular weight is 263 g/mol. The molecule has 0 amide bonds. The fraction of sp³-hybridized carbons (Fsp3) is 0.429. The van der Waals surface area contributed by atoms with E-state index in [9.17, 15) is 0 Å². The van der Waals surface area contributed by atoms with Crippen LogP contribution >= 0.6 is 11.6 Å². The Bertz CT molecular complexity index is 579. The molecule has 2 aromatic rings.